The van der Waals surface area contributed by atoms with Crippen molar-refractivity contribution in [1.29, 1.82) is 0 Å². The van der Waals surface area contributed by atoms with Gasteiger partial charge in [0.1, 0.15) is 0 Å². The van der Waals surface area contributed by atoms with Crippen LogP contribution in [-0.4, -0.2) is 26.7 Å². The Kier molecular flexibility index (Phi) is 9.99. The molecular formula is C19H32N2OSi2. The van der Waals surface area contributed by atoms with Gasteiger partial charge in [-0.05, 0) is 36.3 Å². The lowest BCUT2D eigenvalue weighted by molar-refractivity contribution is 0.241. The molecule has 2 N–H and O–H groups in total. The van der Waals surface area contributed by atoms with E-state index in [-0.39, 0.29) is 6.03 Å². The molecule has 0 radical (unpaired) electrons. The van der Waals surface area contributed by atoms with Crippen molar-refractivity contribution in [1.82, 2.24) is 4.23 Å². The molecule has 3 nitrogen and oxygen atoms in total. The van der Waals surface area contributed by atoms with Crippen LogP contribution in [0.15, 0.2) is 75.9 Å². The molecule has 0 aliphatic carbocycles. The van der Waals surface area contributed by atoms with E-state index in [9.17, 15) is 4.79 Å². The molecule has 5 heteroatoms. The number of carbonyl (C=O) groups excluding carboxylic acids is 1. The fraction of sp³-hybridized carbons (Fsp3) is 0.316. The van der Waals surface area contributed by atoms with Crippen LogP contribution in [0.5, 0.6) is 0 Å². The molecule has 24 heavy (non-hydrogen) atoms. The van der Waals surface area contributed by atoms with Crippen molar-refractivity contribution in [2.45, 2.75) is 36.3 Å². The molecule has 0 aromatic carbocycles. The summed E-state index contributed by atoms with van der Waals surface area (Å²) in [5.74, 6) is 0. The fourth-order valence-corrected chi connectivity index (χ4v) is 15.6. The van der Waals surface area contributed by atoms with Crippen LogP contribution in [0, 0.1) is 0 Å². The third kappa shape index (κ3) is 5.07. The Balaban J connectivity index is 6.52. The number of allylic oxidation sites excluding steroid dienone is 6. The first-order valence-electron chi connectivity index (χ1n) is 8.18. The highest BCUT2D eigenvalue weighted by molar-refractivity contribution is 6.96. The molecule has 0 rings (SSSR count). The molecule has 2 amide bonds. The summed E-state index contributed by atoms with van der Waals surface area (Å²) >= 11 is 0. The third-order valence-electron chi connectivity index (χ3n) is 4.31. The average molecular weight is 361 g/mol. The molecular weight excluding hydrogens is 328 g/mol. The number of amides is 2. The highest BCUT2D eigenvalue weighted by Crippen LogP contribution is 2.37. The van der Waals surface area contributed by atoms with Crippen LogP contribution in [0.2, 0.25) is 36.3 Å². The zero-order chi connectivity index (χ0) is 18.6. The van der Waals surface area contributed by atoms with Crippen LogP contribution in [0.25, 0.3) is 0 Å². The predicted octanol–water partition coefficient (Wildman–Crippen LogP) is 5.37. The lowest BCUT2D eigenvalue weighted by Gasteiger charge is -2.51. The summed E-state index contributed by atoms with van der Waals surface area (Å²) in [6.07, 6.45) is 11.4. The Morgan fingerprint density at radius 2 is 0.875 bits per heavy atom. The molecule has 0 aromatic heterocycles. The maximum absolute atomic E-state index is 12.7. The Morgan fingerprint density at radius 1 is 0.667 bits per heavy atom. The second-order valence-electron chi connectivity index (χ2n) is 6.08. The van der Waals surface area contributed by atoms with Crippen molar-refractivity contribution in [2.24, 2.45) is 5.73 Å². The van der Waals surface area contributed by atoms with Gasteiger partial charge in [0.2, 0.25) is 0 Å². The maximum Gasteiger partial charge on any atom is 0.298 e. The minimum absolute atomic E-state index is 0.357. The third-order valence-corrected chi connectivity index (χ3v) is 15.8. The standard InChI is InChI=1S/C19H32N2OSi2/c1-7-13-23(14-8-2,15-9-3)21(19(20)22)24(16-10-4,17-11-5)18-12-6/h7-12H,1-6,13-18H2,(H2,20,22). The quantitative estimate of drug-likeness (QED) is 0.328. The monoisotopic (exact) mass is 360 g/mol. The van der Waals surface area contributed by atoms with Gasteiger partial charge in [0.25, 0.3) is 6.03 Å². The van der Waals surface area contributed by atoms with Gasteiger partial charge in [-0.15, -0.1) is 39.5 Å². The van der Waals surface area contributed by atoms with E-state index in [1.807, 2.05) is 36.5 Å². The van der Waals surface area contributed by atoms with Crippen molar-refractivity contribution >= 4 is 22.5 Å². The van der Waals surface area contributed by atoms with Gasteiger partial charge in [0.05, 0.1) is 0 Å². The van der Waals surface area contributed by atoms with Gasteiger partial charge >= 0.3 is 0 Å². The highest BCUT2D eigenvalue weighted by atomic mass is 28.4. The maximum atomic E-state index is 12.7. The summed E-state index contributed by atoms with van der Waals surface area (Å²) in [5, 5.41) is 0. The van der Waals surface area contributed by atoms with E-state index in [4.69, 9.17) is 5.73 Å². The Hall–Kier alpha value is -1.86. The molecule has 0 fully saturated rings. The molecule has 0 heterocycles. The van der Waals surface area contributed by atoms with Gasteiger partial charge in [-0.2, -0.15) is 0 Å². The van der Waals surface area contributed by atoms with Crippen LogP contribution < -0.4 is 5.73 Å². The van der Waals surface area contributed by atoms with Crippen LogP contribution in [-0.2, 0) is 0 Å². The first-order chi connectivity index (χ1) is 11.4. The van der Waals surface area contributed by atoms with Crippen LogP contribution in [0.3, 0.4) is 0 Å². The number of primary amides is 1. The van der Waals surface area contributed by atoms with E-state index in [2.05, 4.69) is 43.7 Å². The molecule has 0 bridgehead atoms. The van der Waals surface area contributed by atoms with E-state index < -0.39 is 16.5 Å². The molecule has 0 saturated heterocycles. The summed E-state index contributed by atoms with van der Waals surface area (Å²) in [6, 6.07) is 4.19. The van der Waals surface area contributed by atoms with E-state index in [0.717, 1.165) is 36.3 Å². The largest absolute Gasteiger partial charge is 0.376 e. The van der Waals surface area contributed by atoms with E-state index >= 15 is 0 Å². The summed E-state index contributed by atoms with van der Waals surface area (Å²) in [6.45, 7) is 23.5. The van der Waals surface area contributed by atoms with Crippen molar-refractivity contribution in [3.05, 3.63) is 75.9 Å². The molecule has 0 atom stereocenters. The van der Waals surface area contributed by atoms with Crippen molar-refractivity contribution < 1.29 is 4.79 Å². The Labute approximate surface area is 149 Å². The molecule has 0 aliphatic heterocycles. The minimum atomic E-state index is -2.31. The molecule has 0 unspecified atom stereocenters. The molecule has 0 aromatic rings. The van der Waals surface area contributed by atoms with Gasteiger partial charge in [-0.3, -0.25) is 4.79 Å². The van der Waals surface area contributed by atoms with E-state index in [0.29, 0.717) is 0 Å². The second kappa shape index (κ2) is 10.8. The summed E-state index contributed by atoms with van der Waals surface area (Å²) in [7, 11) is -4.62. The van der Waals surface area contributed by atoms with Crippen molar-refractivity contribution in [3.8, 4) is 0 Å². The topological polar surface area (TPSA) is 46.3 Å². The Morgan fingerprint density at radius 3 is 1.00 bits per heavy atom. The SMILES string of the molecule is C=CC[Si](CC=C)(CC=C)N(C(N)=O)[Si](CC=C)(CC=C)CC=C. The highest BCUT2D eigenvalue weighted by Gasteiger charge is 2.50. The smallest absolute Gasteiger partial charge is 0.298 e. The second-order valence-corrected chi connectivity index (χ2v) is 14.8. The number of hydrogen-bond donors (Lipinski definition) is 1. The van der Waals surface area contributed by atoms with Gasteiger partial charge in [-0.25, -0.2) is 0 Å². The Bertz CT molecular complexity index is 409. The molecule has 0 saturated carbocycles. The number of rotatable bonds is 14. The van der Waals surface area contributed by atoms with Crippen LogP contribution in [0.1, 0.15) is 0 Å². The lowest BCUT2D eigenvalue weighted by atomic mass is 10.7. The molecule has 0 aliphatic rings. The van der Waals surface area contributed by atoms with Gasteiger partial charge in [0.15, 0.2) is 16.5 Å². The normalized spacial score (nSPS) is 11.2. The van der Waals surface area contributed by atoms with Crippen molar-refractivity contribution in [2.75, 3.05) is 0 Å². The van der Waals surface area contributed by atoms with Gasteiger partial charge < -0.3 is 9.96 Å². The molecule has 0 spiro atoms. The lowest BCUT2D eigenvalue weighted by Crippen LogP contribution is -2.69. The zero-order valence-corrected chi connectivity index (χ0v) is 16.9. The minimum Gasteiger partial charge on any atom is -0.376 e. The fourth-order valence-electron chi connectivity index (χ4n) is 3.63. The first kappa shape index (κ1) is 22.1. The molecule has 132 valence electrons. The number of hydrogen-bond acceptors (Lipinski definition) is 1. The van der Waals surface area contributed by atoms with E-state index in [1.54, 1.807) is 0 Å². The summed E-state index contributed by atoms with van der Waals surface area (Å²) in [4.78, 5) is 12.7. The zero-order valence-electron chi connectivity index (χ0n) is 14.9. The number of carbonyl (C=O) groups is 1. The average Bonchev–Trinajstić information content (AvgIpc) is 2.48. The predicted molar refractivity (Wildman–Crippen MR) is 113 cm³/mol. The van der Waals surface area contributed by atoms with E-state index in [1.165, 1.54) is 0 Å². The first-order valence-corrected chi connectivity index (χ1v) is 13.3. The number of urea groups is 1. The number of nitrogens with two attached hydrogens (primary N) is 1. The summed E-state index contributed by atoms with van der Waals surface area (Å²) in [5.41, 5.74) is 5.94. The van der Waals surface area contributed by atoms with Crippen LogP contribution >= 0.6 is 0 Å². The summed E-state index contributed by atoms with van der Waals surface area (Å²) < 4.78 is 2.05. The van der Waals surface area contributed by atoms with Crippen LogP contribution in [0.4, 0.5) is 4.79 Å². The number of nitrogens with zero attached hydrogens (tertiary/aromatic N) is 1. The van der Waals surface area contributed by atoms with Gasteiger partial charge in [0, 0.05) is 0 Å². The van der Waals surface area contributed by atoms with Gasteiger partial charge in [-0.1, -0.05) is 36.5 Å². The van der Waals surface area contributed by atoms with Crippen molar-refractivity contribution in [3.63, 3.8) is 0 Å².